The number of rotatable bonds is 2. The molecule has 5 nitrogen and oxygen atoms in total. The average Bonchev–Trinajstić information content (AvgIpc) is 3.00. The average molecular weight is 276 g/mol. The van der Waals surface area contributed by atoms with Crippen molar-refractivity contribution >= 4 is 23.1 Å². The maximum absolute atomic E-state index is 9.20. The van der Waals surface area contributed by atoms with Crippen molar-refractivity contribution in [1.29, 1.82) is 5.26 Å². The van der Waals surface area contributed by atoms with Gasteiger partial charge in [-0.15, -0.1) is 5.10 Å². The van der Waals surface area contributed by atoms with Crippen LogP contribution >= 0.6 is 12.2 Å². The fourth-order valence-electron chi connectivity index (χ4n) is 2.04. The molecular weight excluding hydrogens is 260 g/mol. The first-order chi connectivity index (χ1) is 9.11. The van der Waals surface area contributed by atoms with Gasteiger partial charge in [0.1, 0.15) is 11.1 Å². The molecule has 2 aliphatic rings. The van der Waals surface area contributed by atoms with Crippen LogP contribution in [0.4, 0.5) is 0 Å². The van der Waals surface area contributed by atoms with E-state index in [1.165, 1.54) is 0 Å². The summed E-state index contributed by atoms with van der Waals surface area (Å²) in [6.45, 7) is 3.65. The minimum atomic E-state index is 0.492. The number of hydrogen-bond donors (Lipinski definition) is 0. The van der Waals surface area contributed by atoms with E-state index in [2.05, 4.69) is 16.1 Å². The van der Waals surface area contributed by atoms with Gasteiger partial charge in [0.15, 0.2) is 0 Å². The van der Waals surface area contributed by atoms with Gasteiger partial charge in [-0.1, -0.05) is 12.2 Å². The van der Waals surface area contributed by atoms with Crippen LogP contribution in [0.25, 0.3) is 0 Å². The van der Waals surface area contributed by atoms with E-state index in [9.17, 15) is 5.26 Å². The Balaban J connectivity index is 2.10. The van der Waals surface area contributed by atoms with Gasteiger partial charge < -0.3 is 9.64 Å². The van der Waals surface area contributed by atoms with Gasteiger partial charge in [-0.05, 0) is 18.9 Å². The molecule has 0 aromatic heterocycles. The third-order valence-electron chi connectivity index (χ3n) is 3.00. The van der Waals surface area contributed by atoms with Gasteiger partial charge in [-0.2, -0.15) is 5.26 Å². The second-order valence-electron chi connectivity index (χ2n) is 4.44. The SMILES string of the molecule is CC1=NN(C)/C(=C/C=C(\C#N)C(=S)N2CCCC2)O1. The maximum Gasteiger partial charge on any atom is 0.217 e. The molecule has 6 heteroatoms. The second-order valence-corrected chi connectivity index (χ2v) is 4.83. The molecule has 0 N–H and O–H groups in total. The minimum Gasteiger partial charge on any atom is -0.424 e. The second kappa shape index (κ2) is 5.85. The summed E-state index contributed by atoms with van der Waals surface area (Å²) in [6, 6.07) is 2.15. The third-order valence-corrected chi connectivity index (χ3v) is 3.48. The number of hydrazone groups is 1. The number of allylic oxidation sites excluding steroid dienone is 2. The highest BCUT2D eigenvalue weighted by molar-refractivity contribution is 7.80. The molecule has 0 amide bonds. The van der Waals surface area contributed by atoms with E-state index in [-0.39, 0.29) is 0 Å². The van der Waals surface area contributed by atoms with Gasteiger partial charge in [0.05, 0.1) is 5.57 Å². The standard InChI is InChI=1S/C13H16N4OS/c1-10-15-16(2)12(18-10)6-5-11(9-14)13(19)17-7-3-4-8-17/h5-6H,3-4,7-8H2,1-2H3/b11-5+,12-6-. The first-order valence-electron chi connectivity index (χ1n) is 6.20. The summed E-state index contributed by atoms with van der Waals surface area (Å²) in [5.74, 6) is 1.18. The highest BCUT2D eigenvalue weighted by atomic mass is 32.1. The highest BCUT2D eigenvalue weighted by Crippen LogP contribution is 2.16. The largest absolute Gasteiger partial charge is 0.424 e. The molecule has 0 atom stereocenters. The van der Waals surface area contributed by atoms with Crippen molar-refractivity contribution in [1.82, 2.24) is 9.91 Å². The predicted molar refractivity (Wildman–Crippen MR) is 77.1 cm³/mol. The van der Waals surface area contributed by atoms with Crippen molar-refractivity contribution in [2.75, 3.05) is 20.1 Å². The van der Waals surface area contributed by atoms with Crippen LogP contribution in [-0.4, -0.2) is 40.9 Å². The van der Waals surface area contributed by atoms with Gasteiger partial charge in [0.25, 0.3) is 0 Å². The Morgan fingerprint density at radius 1 is 1.47 bits per heavy atom. The van der Waals surface area contributed by atoms with E-state index in [0.717, 1.165) is 25.9 Å². The van der Waals surface area contributed by atoms with Crippen LogP contribution in [0.3, 0.4) is 0 Å². The number of ether oxygens (including phenoxy) is 1. The topological polar surface area (TPSA) is 51.9 Å². The number of nitriles is 1. The summed E-state index contributed by atoms with van der Waals surface area (Å²) < 4.78 is 5.40. The van der Waals surface area contributed by atoms with Crippen LogP contribution in [0.5, 0.6) is 0 Å². The van der Waals surface area contributed by atoms with Gasteiger partial charge in [0, 0.05) is 33.1 Å². The maximum atomic E-state index is 9.20. The molecule has 0 saturated carbocycles. The summed E-state index contributed by atoms with van der Waals surface area (Å²) in [5.41, 5.74) is 0.492. The normalized spacial score (nSPS) is 21.4. The van der Waals surface area contributed by atoms with Crippen molar-refractivity contribution in [3.63, 3.8) is 0 Å². The van der Waals surface area contributed by atoms with Crippen LogP contribution in [-0.2, 0) is 4.74 Å². The van der Waals surface area contributed by atoms with Gasteiger partial charge >= 0.3 is 0 Å². The van der Waals surface area contributed by atoms with Crippen LogP contribution in [0, 0.1) is 11.3 Å². The summed E-state index contributed by atoms with van der Waals surface area (Å²) in [7, 11) is 1.79. The molecule has 1 fully saturated rings. The molecule has 0 bridgehead atoms. The summed E-state index contributed by atoms with van der Waals surface area (Å²) >= 11 is 5.35. The number of hydrogen-bond acceptors (Lipinski definition) is 5. The summed E-state index contributed by atoms with van der Waals surface area (Å²) in [5, 5.41) is 14.9. The van der Waals surface area contributed by atoms with Crippen LogP contribution in [0.1, 0.15) is 19.8 Å². The first kappa shape index (κ1) is 13.6. The molecule has 0 aliphatic carbocycles. The molecule has 0 aromatic carbocycles. The molecule has 1 saturated heterocycles. The van der Waals surface area contributed by atoms with Crippen molar-refractivity contribution < 1.29 is 4.74 Å². The smallest absolute Gasteiger partial charge is 0.217 e. The predicted octanol–water partition coefficient (Wildman–Crippen LogP) is 2.00. The van der Waals surface area contributed by atoms with Crippen LogP contribution in [0.15, 0.2) is 28.7 Å². The fraction of sp³-hybridized carbons (Fsp3) is 0.462. The van der Waals surface area contributed by atoms with E-state index in [0.29, 0.717) is 22.3 Å². The Labute approximate surface area is 118 Å². The first-order valence-corrected chi connectivity index (χ1v) is 6.61. The zero-order chi connectivity index (χ0) is 13.8. The summed E-state index contributed by atoms with van der Waals surface area (Å²) in [6.07, 6.45) is 5.69. The van der Waals surface area contributed by atoms with E-state index < -0.39 is 0 Å². The Bertz CT molecular complexity index is 509. The molecule has 2 aliphatic heterocycles. The zero-order valence-corrected chi connectivity index (χ0v) is 11.9. The zero-order valence-electron chi connectivity index (χ0n) is 11.1. The Morgan fingerprint density at radius 2 is 2.16 bits per heavy atom. The molecule has 2 heterocycles. The monoisotopic (exact) mass is 276 g/mol. The van der Waals surface area contributed by atoms with E-state index >= 15 is 0 Å². The van der Waals surface area contributed by atoms with Crippen LogP contribution < -0.4 is 0 Å². The number of nitrogens with zero attached hydrogens (tertiary/aromatic N) is 4. The Kier molecular flexibility index (Phi) is 4.17. The number of likely N-dealkylation sites (tertiary alicyclic amines) is 1. The van der Waals surface area contributed by atoms with Gasteiger partial charge in [0.2, 0.25) is 11.8 Å². The summed E-state index contributed by atoms with van der Waals surface area (Å²) in [4.78, 5) is 2.69. The lowest BCUT2D eigenvalue weighted by molar-refractivity contribution is 0.304. The van der Waals surface area contributed by atoms with Crippen molar-refractivity contribution in [3.05, 3.63) is 23.6 Å². The van der Waals surface area contributed by atoms with Crippen molar-refractivity contribution in [2.24, 2.45) is 5.10 Å². The third kappa shape index (κ3) is 3.12. The lowest BCUT2D eigenvalue weighted by Gasteiger charge is -2.17. The van der Waals surface area contributed by atoms with Crippen molar-refractivity contribution in [3.8, 4) is 6.07 Å². The highest BCUT2D eigenvalue weighted by Gasteiger charge is 2.18. The molecule has 100 valence electrons. The Morgan fingerprint density at radius 3 is 2.68 bits per heavy atom. The molecule has 0 spiro atoms. The van der Waals surface area contributed by atoms with Crippen LogP contribution in [0.2, 0.25) is 0 Å². The number of thiocarbonyl (C=S) groups is 1. The molecular formula is C13H16N4OS. The molecule has 0 aromatic rings. The molecule has 0 unspecified atom stereocenters. The fourth-order valence-corrected chi connectivity index (χ4v) is 2.34. The van der Waals surface area contributed by atoms with E-state index in [1.54, 1.807) is 31.1 Å². The molecule has 2 rings (SSSR count). The Hall–Kier alpha value is -1.87. The van der Waals surface area contributed by atoms with E-state index in [4.69, 9.17) is 17.0 Å². The van der Waals surface area contributed by atoms with Gasteiger partial charge in [-0.25, -0.2) is 5.01 Å². The molecule has 0 radical (unpaired) electrons. The van der Waals surface area contributed by atoms with E-state index in [1.807, 2.05) is 0 Å². The molecule has 19 heavy (non-hydrogen) atoms. The quantitative estimate of drug-likeness (QED) is 0.438. The lowest BCUT2D eigenvalue weighted by atomic mass is 10.2. The lowest BCUT2D eigenvalue weighted by Crippen LogP contribution is -2.27. The van der Waals surface area contributed by atoms with Crippen molar-refractivity contribution in [2.45, 2.75) is 19.8 Å². The minimum absolute atomic E-state index is 0.492. The van der Waals surface area contributed by atoms with Gasteiger partial charge in [-0.3, -0.25) is 0 Å².